The normalized spacial score (nSPS) is 14.0. The number of carbonyl (C=O) groups excluding carboxylic acids is 1. The van der Waals surface area contributed by atoms with Gasteiger partial charge in [0.2, 0.25) is 5.91 Å². The number of methoxy groups -OCH3 is 2. The van der Waals surface area contributed by atoms with E-state index in [-0.39, 0.29) is 12.5 Å². The minimum absolute atomic E-state index is 0.113. The number of rotatable bonds is 9. The van der Waals surface area contributed by atoms with Gasteiger partial charge in [0.05, 0.1) is 27.3 Å². The first kappa shape index (κ1) is 21.6. The smallest absolute Gasteiger partial charge is 0.241 e. The Morgan fingerprint density at radius 3 is 2.61 bits per heavy atom. The molecule has 1 fully saturated rings. The van der Waals surface area contributed by atoms with Gasteiger partial charge in [-0.2, -0.15) is 0 Å². The summed E-state index contributed by atoms with van der Waals surface area (Å²) < 4.78 is 10.9. The van der Waals surface area contributed by atoms with Gasteiger partial charge in [-0.1, -0.05) is 6.08 Å². The van der Waals surface area contributed by atoms with Crippen molar-refractivity contribution in [3.63, 3.8) is 0 Å². The summed E-state index contributed by atoms with van der Waals surface area (Å²) >= 11 is 0. The highest BCUT2D eigenvalue weighted by atomic mass is 16.5. The summed E-state index contributed by atoms with van der Waals surface area (Å²) in [6.45, 7) is 8.94. The molecule has 1 aliphatic heterocycles. The largest absolute Gasteiger partial charge is 0.493 e. The summed E-state index contributed by atoms with van der Waals surface area (Å²) in [6.07, 6.45) is 4.69. The van der Waals surface area contributed by atoms with Crippen LogP contribution in [0.1, 0.15) is 30.9 Å². The summed E-state index contributed by atoms with van der Waals surface area (Å²) in [5.74, 6) is 2.13. The van der Waals surface area contributed by atoms with Gasteiger partial charge in [0.1, 0.15) is 0 Å². The van der Waals surface area contributed by atoms with Crippen molar-refractivity contribution < 1.29 is 14.3 Å². The van der Waals surface area contributed by atoms with Gasteiger partial charge in [-0.3, -0.25) is 4.79 Å². The Morgan fingerprint density at radius 2 is 2.00 bits per heavy atom. The van der Waals surface area contributed by atoms with Gasteiger partial charge in [0.15, 0.2) is 17.5 Å². The van der Waals surface area contributed by atoms with E-state index in [1.807, 2.05) is 30.0 Å². The van der Waals surface area contributed by atoms with Crippen LogP contribution < -0.4 is 20.1 Å². The number of aliphatic imine (C=N–C) groups is 1. The Balaban J connectivity index is 2.09. The average molecular weight is 389 g/mol. The van der Waals surface area contributed by atoms with Crippen LogP contribution in [0, 0.1) is 0 Å². The fraction of sp³-hybridized carbons (Fsp3) is 0.524. The second-order valence-electron chi connectivity index (χ2n) is 6.62. The zero-order valence-corrected chi connectivity index (χ0v) is 17.2. The molecule has 2 rings (SSSR count). The van der Waals surface area contributed by atoms with E-state index >= 15 is 0 Å². The quantitative estimate of drug-likeness (QED) is 0.385. The topological polar surface area (TPSA) is 75.2 Å². The maximum atomic E-state index is 12.2. The summed E-state index contributed by atoms with van der Waals surface area (Å²) in [5, 5.41) is 6.32. The standard InChI is InChI=1S/C21H32N4O3/c1-5-9-17-12-16(13-18(27-3)20(17)28-4)14-23-21(22-6-2)24-15-19(26)25-10-7-8-11-25/h5,12-13H,1,6-11,14-15H2,2-4H3,(H2,22,23,24). The number of nitrogens with zero attached hydrogens (tertiary/aromatic N) is 2. The maximum absolute atomic E-state index is 12.2. The van der Waals surface area contributed by atoms with Gasteiger partial charge in [-0.25, -0.2) is 4.99 Å². The first-order chi connectivity index (χ1) is 13.6. The molecule has 7 heteroatoms. The summed E-state index contributed by atoms with van der Waals surface area (Å²) in [4.78, 5) is 18.8. The minimum Gasteiger partial charge on any atom is -0.493 e. The molecule has 154 valence electrons. The van der Waals surface area contributed by atoms with E-state index in [9.17, 15) is 4.79 Å². The molecule has 0 atom stereocenters. The highest BCUT2D eigenvalue weighted by Crippen LogP contribution is 2.33. The number of carbonyl (C=O) groups is 1. The Bertz CT molecular complexity index is 697. The average Bonchev–Trinajstić information content (AvgIpc) is 3.24. The van der Waals surface area contributed by atoms with E-state index in [2.05, 4.69) is 22.2 Å². The molecular formula is C21H32N4O3. The van der Waals surface area contributed by atoms with E-state index in [0.29, 0.717) is 24.7 Å². The van der Waals surface area contributed by atoms with Crippen LogP contribution in [0.2, 0.25) is 0 Å². The predicted octanol–water partition coefficient (Wildman–Crippen LogP) is 2.11. The number of ether oxygens (including phenoxy) is 2. The van der Waals surface area contributed by atoms with Crippen molar-refractivity contribution in [3.8, 4) is 11.5 Å². The van der Waals surface area contributed by atoms with E-state index in [0.717, 1.165) is 49.4 Å². The predicted molar refractivity (Wildman–Crippen MR) is 112 cm³/mol. The van der Waals surface area contributed by atoms with Crippen molar-refractivity contribution in [2.24, 2.45) is 4.99 Å². The molecule has 0 unspecified atom stereocenters. The number of likely N-dealkylation sites (tertiary alicyclic amines) is 1. The van der Waals surface area contributed by atoms with Crippen LogP contribution in [0.4, 0.5) is 0 Å². The van der Waals surface area contributed by atoms with E-state index in [1.165, 1.54) is 0 Å². The number of nitrogens with one attached hydrogen (secondary N) is 2. The molecule has 0 aromatic heterocycles. The summed E-state index contributed by atoms with van der Waals surface area (Å²) in [7, 11) is 3.25. The first-order valence-electron chi connectivity index (χ1n) is 9.77. The number of allylic oxidation sites excluding steroid dienone is 1. The van der Waals surface area contributed by atoms with Crippen LogP contribution in [-0.2, 0) is 17.8 Å². The molecule has 1 aromatic carbocycles. The number of amides is 1. The zero-order valence-electron chi connectivity index (χ0n) is 17.2. The molecule has 7 nitrogen and oxygen atoms in total. The van der Waals surface area contributed by atoms with Crippen molar-refractivity contribution >= 4 is 11.9 Å². The third-order valence-electron chi connectivity index (χ3n) is 4.61. The lowest BCUT2D eigenvalue weighted by Gasteiger charge is -2.17. The Labute approximate surface area is 167 Å². The van der Waals surface area contributed by atoms with E-state index in [1.54, 1.807) is 14.2 Å². The van der Waals surface area contributed by atoms with Crippen LogP contribution in [0.15, 0.2) is 29.8 Å². The molecule has 0 aliphatic carbocycles. The number of guanidine groups is 1. The van der Waals surface area contributed by atoms with Crippen LogP contribution >= 0.6 is 0 Å². The molecule has 1 amide bonds. The van der Waals surface area contributed by atoms with E-state index in [4.69, 9.17) is 9.47 Å². The van der Waals surface area contributed by atoms with Crippen molar-refractivity contribution in [2.45, 2.75) is 32.7 Å². The minimum atomic E-state index is 0.113. The Hall–Kier alpha value is -2.70. The van der Waals surface area contributed by atoms with Crippen molar-refractivity contribution in [3.05, 3.63) is 35.9 Å². The third kappa shape index (κ3) is 5.90. The molecule has 1 heterocycles. The second kappa shape index (κ2) is 11.2. The maximum Gasteiger partial charge on any atom is 0.241 e. The van der Waals surface area contributed by atoms with Crippen molar-refractivity contribution in [1.29, 1.82) is 0 Å². The highest BCUT2D eigenvalue weighted by molar-refractivity contribution is 5.86. The SMILES string of the molecule is C=CCc1cc(CN=C(NCC)NCC(=O)N2CCCC2)cc(OC)c1OC. The van der Waals surface area contributed by atoms with Crippen LogP contribution in [0.25, 0.3) is 0 Å². The lowest BCUT2D eigenvalue weighted by atomic mass is 10.1. The number of hydrogen-bond donors (Lipinski definition) is 2. The molecule has 0 spiro atoms. The first-order valence-corrected chi connectivity index (χ1v) is 9.77. The summed E-state index contributed by atoms with van der Waals surface area (Å²) in [5.41, 5.74) is 2.00. The Kier molecular flexibility index (Phi) is 8.65. The van der Waals surface area contributed by atoms with Gasteiger partial charge in [-0.15, -0.1) is 6.58 Å². The molecule has 1 saturated heterocycles. The van der Waals surface area contributed by atoms with E-state index < -0.39 is 0 Å². The van der Waals surface area contributed by atoms with Gasteiger partial charge in [0.25, 0.3) is 0 Å². The molecule has 0 bridgehead atoms. The zero-order chi connectivity index (χ0) is 20.4. The van der Waals surface area contributed by atoms with Gasteiger partial charge >= 0.3 is 0 Å². The molecule has 1 aromatic rings. The highest BCUT2D eigenvalue weighted by Gasteiger charge is 2.17. The monoisotopic (exact) mass is 388 g/mol. The Morgan fingerprint density at radius 1 is 1.25 bits per heavy atom. The van der Waals surface area contributed by atoms with Gasteiger partial charge in [0, 0.05) is 25.2 Å². The lowest BCUT2D eigenvalue weighted by molar-refractivity contribution is -0.128. The molecule has 1 aliphatic rings. The molecule has 28 heavy (non-hydrogen) atoms. The lowest BCUT2D eigenvalue weighted by Crippen LogP contribution is -2.44. The molecular weight excluding hydrogens is 356 g/mol. The van der Waals surface area contributed by atoms with Crippen molar-refractivity contribution in [1.82, 2.24) is 15.5 Å². The van der Waals surface area contributed by atoms with Gasteiger partial charge < -0.3 is 25.0 Å². The molecule has 0 radical (unpaired) electrons. The molecule has 0 saturated carbocycles. The van der Waals surface area contributed by atoms with Crippen molar-refractivity contribution in [2.75, 3.05) is 40.4 Å². The van der Waals surface area contributed by atoms with Crippen LogP contribution in [0.5, 0.6) is 11.5 Å². The summed E-state index contributed by atoms with van der Waals surface area (Å²) in [6, 6.07) is 3.97. The van der Waals surface area contributed by atoms with Crippen LogP contribution in [-0.4, -0.2) is 57.2 Å². The number of hydrogen-bond acceptors (Lipinski definition) is 4. The molecule has 2 N–H and O–H groups in total. The van der Waals surface area contributed by atoms with Gasteiger partial charge in [-0.05, 0) is 43.9 Å². The fourth-order valence-corrected chi connectivity index (χ4v) is 3.25. The third-order valence-corrected chi connectivity index (χ3v) is 4.61. The number of benzene rings is 1. The van der Waals surface area contributed by atoms with Crippen LogP contribution in [0.3, 0.4) is 0 Å². The second-order valence-corrected chi connectivity index (χ2v) is 6.62. The fourth-order valence-electron chi connectivity index (χ4n) is 3.25.